The summed E-state index contributed by atoms with van der Waals surface area (Å²) in [7, 11) is 1.58. The van der Waals surface area contributed by atoms with Gasteiger partial charge in [0.1, 0.15) is 6.61 Å². The zero-order valence-corrected chi connectivity index (χ0v) is 17.5. The highest BCUT2D eigenvalue weighted by molar-refractivity contribution is 5.97. The van der Waals surface area contributed by atoms with E-state index < -0.39 is 0 Å². The van der Waals surface area contributed by atoms with Crippen LogP contribution >= 0.6 is 0 Å². The number of carbonyl (C=O) groups is 3. The molecule has 0 bridgehead atoms. The van der Waals surface area contributed by atoms with Crippen LogP contribution in [0.3, 0.4) is 0 Å². The molecule has 1 saturated heterocycles. The number of anilines is 1. The maximum absolute atomic E-state index is 12.4. The highest BCUT2D eigenvalue weighted by Gasteiger charge is 2.34. The summed E-state index contributed by atoms with van der Waals surface area (Å²) in [5.41, 5.74) is 1.02. The van der Waals surface area contributed by atoms with Gasteiger partial charge in [0.2, 0.25) is 11.8 Å². The van der Waals surface area contributed by atoms with E-state index in [1.807, 2.05) is 0 Å². The first-order chi connectivity index (χ1) is 14.0. The van der Waals surface area contributed by atoms with Gasteiger partial charge >= 0.3 is 5.97 Å². The van der Waals surface area contributed by atoms with E-state index in [1.54, 1.807) is 36.3 Å². The van der Waals surface area contributed by atoms with Crippen molar-refractivity contribution in [3.8, 4) is 0 Å². The van der Waals surface area contributed by atoms with Crippen molar-refractivity contribution >= 4 is 23.5 Å². The normalized spacial score (nSPS) is 16.3. The molecule has 1 aromatic rings. The van der Waals surface area contributed by atoms with E-state index in [9.17, 15) is 14.4 Å². The fourth-order valence-corrected chi connectivity index (χ4v) is 3.19. The molecule has 29 heavy (non-hydrogen) atoms. The fourth-order valence-electron chi connectivity index (χ4n) is 3.19. The van der Waals surface area contributed by atoms with Gasteiger partial charge in [-0.2, -0.15) is 0 Å². The van der Waals surface area contributed by atoms with Crippen molar-refractivity contribution in [3.05, 3.63) is 29.8 Å². The first kappa shape index (κ1) is 22.8. The van der Waals surface area contributed by atoms with Gasteiger partial charge in [0.05, 0.1) is 18.1 Å². The third-order valence-electron chi connectivity index (χ3n) is 5.07. The van der Waals surface area contributed by atoms with Crippen molar-refractivity contribution in [1.82, 2.24) is 9.80 Å². The Kier molecular flexibility index (Phi) is 9.08. The third kappa shape index (κ3) is 6.83. The lowest BCUT2D eigenvalue weighted by Gasteiger charge is -2.17. The molecule has 1 unspecified atom stereocenters. The zero-order chi connectivity index (χ0) is 21.2. The van der Waals surface area contributed by atoms with Gasteiger partial charge in [-0.05, 0) is 37.4 Å². The Balaban J connectivity index is 1.82. The molecule has 1 N–H and O–H groups in total. The number of rotatable bonds is 11. The van der Waals surface area contributed by atoms with Crippen LogP contribution in [-0.4, -0.2) is 80.6 Å². The van der Waals surface area contributed by atoms with Crippen LogP contribution in [0, 0.1) is 5.92 Å². The summed E-state index contributed by atoms with van der Waals surface area (Å²) in [6.07, 6.45) is 0.201. The molecule has 2 amide bonds. The van der Waals surface area contributed by atoms with Crippen molar-refractivity contribution in [2.75, 3.05) is 58.4 Å². The van der Waals surface area contributed by atoms with Gasteiger partial charge in [0, 0.05) is 38.9 Å². The van der Waals surface area contributed by atoms with Crippen LogP contribution in [0.5, 0.6) is 0 Å². The summed E-state index contributed by atoms with van der Waals surface area (Å²) in [5, 5.41) is 2.81. The van der Waals surface area contributed by atoms with E-state index in [1.165, 1.54) is 0 Å². The first-order valence-electron chi connectivity index (χ1n) is 10.1. The molecule has 160 valence electrons. The summed E-state index contributed by atoms with van der Waals surface area (Å²) in [4.78, 5) is 40.4. The Labute approximate surface area is 172 Å². The predicted molar refractivity (Wildman–Crippen MR) is 110 cm³/mol. The van der Waals surface area contributed by atoms with E-state index in [-0.39, 0.29) is 30.1 Å². The first-order valence-corrected chi connectivity index (χ1v) is 10.1. The molecule has 8 nitrogen and oxygen atoms in total. The molecule has 1 aliphatic rings. The van der Waals surface area contributed by atoms with Gasteiger partial charge in [-0.1, -0.05) is 13.8 Å². The van der Waals surface area contributed by atoms with Crippen LogP contribution in [0.4, 0.5) is 5.69 Å². The second-order valence-corrected chi connectivity index (χ2v) is 6.96. The number of benzene rings is 1. The molecule has 1 aliphatic heterocycles. The molecule has 0 aromatic heterocycles. The van der Waals surface area contributed by atoms with E-state index in [0.29, 0.717) is 44.1 Å². The maximum atomic E-state index is 12.4. The Hall–Kier alpha value is -2.45. The number of carbonyl (C=O) groups excluding carboxylic acids is 3. The molecule has 1 atom stereocenters. The quantitative estimate of drug-likeness (QED) is 0.563. The summed E-state index contributed by atoms with van der Waals surface area (Å²) in [5.74, 6) is -1.01. The minimum absolute atomic E-state index is 0.0370. The van der Waals surface area contributed by atoms with Crippen LogP contribution in [0.15, 0.2) is 24.3 Å². The van der Waals surface area contributed by atoms with Crippen molar-refractivity contribution in [2.24, 2.45) is 5.92 Å². The fraction of sp³-hybridized carbons (Fsp3) is 0.571. The molecule has 0 saturated carbocycles. The highest BCUT2D eigenvalue weighted by atomic mass is 16.5. The molecule has 2 rings (SSSR count). The Bertz CT molecular complexity index is 688. The van der Waals surface area contributed by atoms with E-state index in [4.69, 9.17) is 9.47 Å². The van der Waals surface area contributed by atoms with Gasteiger partial charge in [-0.15, -0.1) is 0 Å². The zero-order valence-electron chi connectivity index (χ0n) is 17.5. The number of amides is 2. The molecular weight excluding hydrogens is 374 g/mol. The van der Waals surface area contributed by atoms with Crippen molar-refractivity contribution in [1.29, 1.82) is 0 Å². The van der Waals surface area contributed by atoms with Crippen molar-refractivity contribution in [3.63, 3.8) is 0 Å². The second kappa shape index (κ2) is 11.5. The van der Waals surface area contributed by atoms with Gasteiger partial charge < -0.3 is 24.6 Å². The molecule has 1 fully saturated rings. The van der Waals surface area contributed by atoms with Gasteiger partial charge in [-0.25, -0.2) is 4.79 Å². The maximum Gasteiger partial charge on any atom is 0.338 e. The Morgan fingerprint density at radius 2 is 1.86 bits per heavy atom. The minimum Gasteiger partial charge on any atom is -0.461 e. The van der Waals surface area contributed by atoms with Gasteiger partial charge in [-0.3, -0.25) is 9.59 Å². The number of nitrogens with zero attached hydrogens (tertiary/aromatic N) is 2. The van der Waals surface area contributed by atoms with E-state index in [2.05, 4.69) is 24.1 Å². The minimum atomic E-state index is -0.385. The summed E-state index contributed by atoms with van der Waals surface area (Å²) < 4.78 is 10.3. The molecule has 0 aliphatic carbocycles. The molecular formula is C21H31N3O5. The standard InChI is InChI=1S/C21H31N3O5/c1-4-23(5-2)10-13-29-21(27)16-6-8-18(9-7-16)22-20(26)17-14-19(25)24(15-17)11-12-28-3/h6-9,17H,4-5,10-15H2,1-3H3,(H,22,26). The lowest BCUT2D eigenvalue weighted by molar-refractivity contribution is -0.128. The predicted octanol–water partition coefficient (Wildman–Crippen LogP) is 1.62. The lowest BCUT2D eigenvalue weighted by atomic mass is 10.1. The van der Waals surface area contributed by atoms with Crippen LogP contribution in [0.2, 0.25) is 0 Å². The van der Waals surface area contributed by atoms with Gasteiger partial charge in [0.25, 0.3) is 0 Å². The average molecular weight is 405 g/mol. The summed E-state index contributed by atoms with van der Waals surface area (Å²) in [6, 6.07) is 6.58. The number of nitrogens with one attached hydrogen (secondary N) is 1. The molecule has 0 spiro atoms. The Morgan fingerprint density at radius 3 is 2.48 bits per heavy atom. The Morgan fingerprint density at radius 1 is 1.17 bits per heavy atom. The monoisotopic (exact) mass is 405 g/mol. The SMILES string of the molecule is CCN(CC)CCOC(=O)c1ccc(NC(=O)C2CC(=O)N(CCOC)C2)cc1. The number of methoxy groups -OCH3 is 1. The topological polar surface area (TPSA) is 88.2 Å². The van der Waals surface area contributed by atoms with E-state index >= 15 is 0 Å². The smallest absolute Gasteiger partial charge is 0.338 e. The van der Waals surface area contributed by atoms with Crippen LogP contribution in [0.1, 0.15) is 30.6 Å². The molecule has 8 heteroatoms. The highest BCUT2D eigenvalue weighted by Crippen LogP contribution is 2.20. The second-order valence-electron chi connectivity index (χ2n) is 6.96. The molecule has 0 radical (unpaired) electrons. The van der Waals surface area contributed by atoms with Gasteiger partial charge in [0.15, 0.2) is 0 Å². The lowest BCUT2D eigenvalue weighted by Crippen LogP contribution is -2.30. The number of esters is 1. The number of likely N-dealkylation sites (tertiary alicyclic amines) is 1. The average Bonchev–Trinajstić information content (AvgIpc) is 3.10. The van der Waals surface area contributed by atoms with Crippen LogP contribution in [0.25, 0.3) is 0 Å². The van der Waals surface area contributed by atoms with Crippen LogP contribution in [-0.2, 0) is 19.1 Å². The molecule has 1 aromatic carbocycles. The number of hydrogen-bond donors (Lipinski definition) is 1. The summed E-state index contributed by atoms with van der Waals surface area (Å²) in [6.45, 7) is 8.34. The summed E-state index contributed by atoms with van der Waals surface area (Å²) >= 11 is 0. The number of hydrogen-bond acceptors (Lipinski definition) is 6. The number of ether oxygens (including phenoxy) is 2. The number of likely N-dealkylation sites (N-methyl/N-ethyl adjacent to an activating group) is 1. The van der Waals surface area contributed by atoms with E-state index in [0.717, 1.165) is 13.1 Å². The third-order valence-corrected chi connectivity index (χ3v) is 5.07. The van der Waals surface area contributed by atoms with Crippen molar-refractivity contribution in [2.45, 2.75) is 20.3 Å². The van der Waals surface area contributed by atoms with Crippen molar-refractivity contribution < 1.29 is 23.9 Å². The molecule has 1 heterocycles. The largest absolute Gasteiger partial charge is 0.461 e. The van der Waals surface area contributed by atoms with Crippen LogP contribution < -0.4 is 5.32 Å².